The predicted molar refractivity (Wildman–Crippen MR) is 111 cm³/mol. The zero-order valence-electron chi connectivity index (χ0n) is 14.8. The summed E-state index contributed by atoms with van der Waals surface area (Å²) in [5.74, 6) is 0.932. The standard InChI is InChI=1S/C23H22N2S/c1-17-10-8-9-15-20(17)16-26-23-24-21(18-11-4-2-5-12-18)22(25-23)19-13-6-3-7-14-19/h2-15,21-22H,16H2,1H3,(H,24,25). The molecule has 0 saturated carbocycles. The van der Waals surface area contributed by atoms with E-state index in [1.165, 1.54) is 22.3 Å². The van der Waals surface area contributed by atoms with Crippen LogP contribution in [-0.4, -0.2) is 5.17 Å². The molecule has 2 nitrogen and oxygen atoms in total. The van der Waals surface area contributed by atoms with Crippen LogP contribution < -0.4 is 5.32 Å². The van der Waals surface area contributed by atoms with Crippen LogP contribution in [0.1, 0.15) is 34.3 Å². The molecule has 3 heteroatoms. The maximum absolute atomic E-state index is 5.03. The molecule has 1 aliphatic heterocycles. The fourth-order valence-electron chi connectivity index (χ4n) is 3.29. The Balaban J connectivity index is 1.57. The van der Waals surface area contributed by atoms with E-state index in [1.807, 2.05) is 0 Å². The Morgan fingerprint density at radius 3 is 2.12 bits per heavy atom. The second-order valence-electron chi connectivity index (χ2n) is 6.54. The number of hydrogen-bond donors (Lipinski definition) is 1. The van der Waals surface area contributed by atoms with E-state index in [0.29, 0.717) is 0 Å². The van der Waals surface area contributed by atoms with Crippen molar-refractivity contribution in [2.75, 3.05) is 0 Å². The van der Waals surface area contributed by atoms with Crippen molar-refractivity contribution in [2.45, 2.75) is 24.8 Å². The maximum atomic E-state index is 5.03. The summed E-state index contributed by atoms with van der Waals surface area (Å²) in [7, 11) is 0. The molecule has 130 valence electrons. The fourth-order valence-corrected chi connectivity index (χ4v) is 4.30. The first-order valence-electron chi connectivity index (χ1n) is 8.93. The van der Waals surface area contributed by atoms with Crippen LogP contribution in [0.5, 0.6) is 0 Å². The van der Waals surface area contributed by atoms with Crippen molar-refractivity contribution in [3.05, 3.63) is 107 Å². The summed E-state index contributed by atoms with van der Waals surface area (Å²) >= 11 is 1.79. The monoisotopic (exact) mass is 358 g/mol. The Kier molecular flexibility index (Phi) is 5.07. The lowest BCUT2D eigenvalue weighted by Gasteiger charge is -2.19. The average molecular weight is 359 g/mol. The summed E-state index contributed by atoms with van der Waals surface area (Å²) in [6, 6.07) is 30.0. The lowest BCUT2D eigenvalue weighted by atomic mass is 9.95. The van der Waals surface area contributed by atoms with Gasteiger partial charge in [0.2, 0.25) is 0 Å². The minimum Gasteiger partial charge on any atom is -0.356 e. The summed E-state index contributed by atoms with van der Waals surface area (Å²) in [5, 5.41) is 4.68. The molecule has 1 aliphatic rings. The van der Waals surface area contributed by atoms with Gasteiger partial charge in [0.15, 0.2) is 5.17 Å². The van der Waals surface area contributed by atoms with Gasteiger partial charge in [0.05, 0.1) is 6.04 Å². The first-order valence-corrected chi connectivity index (χ1v) is 9.91. The highest BCUT2D eigenvalue weighted by Crippen LogP contribution is 2.38. The molecular formula is C23H22N2S. The topological polar surface area (TPSA) is 24.4 Å². The summed E-state index contributed by atoms with van der Waals surface area (Å²) in [5.41, 5.74) is 5.22. The molecule has 1 heterocycles. The van der Waals surface area contributed by atoms with Crippen LogP contribution >= 0.6 is 11.8 Å². The molecule has 0 aliphatic carbocycles. The van der Waals surface area contributed by atoms with E-state index in [-0.39, 0.29) is 12.1 Å². The number of nitrogens with one attached hydrogen (secondary N) is 1. The van der Waals surface area contributed by atoms with E-state index >= 15 is 0 Å². The number of hydrogen-bond acceptors (Lipinski definition) is 3. The number of amidine groups is 1. The highest BCUT2D eigenvalue weighted by atomic mass is 32.2. The SMILES string of the molecule is Cc1ccccc1CSC1=NC(c2ccccc2)C(c2ccccc2)N1. The summed E-state index contributed by atoms with van der Waals surface area (Å²) < 4.78 is 0. The van der Waals surface area contributed by atoms with Gasteiger partial charge in [-0.3, -0.25) is 4.99 Å². The lowest BCUT2D eigenvalue weighted by Crippen LogP contribution is -2.22. The van der Waals surface area contributed by atoms with Crippen molar-refractivity contribution >= 4 is 16.9 Å². The van der Waals surface area contributed by atoms with Crippen LogP contribution in [0, 0.1) is 6.92 Å². The molecule has 0 bridgehead atoms. The van der Waals surface area contributed by atoms with Crippen LogP contribution in [0.25, 0.3) is 0 Å². The van der Waals surface area contributed by atoms with E-state index in [0.717, 1.165) is 10.9 Å². The molecule has 3 aromatic rings. The van der Waals surface area contributed by atoms with E-state index < -0.39 is 0 Å². The smallest absolute Gasteiger partial charge is 0.158 e. The Morgan fingerprint density at radius 1 is 0.808 bits per heavy atom. The van der Waals surface area contributed by atoms with Gasteiger partial charge >= 0.3 is 0 Å². The Bertz CT molecular complexity index is 890. The molecule has 0 radical (unpaired) electrons. The number of rotatable bonds is 4. The third-order valence-electron chi connectivity index (χ3n) is 4.78. The molecule has 0 saturated heterocycles. The van der Waals surface area contributed by atoms with Gasteiger partial charge in [0.1, 0.15) is 6.04 Å². The third kappa shape index (κ3) is 3.68. The Labute approximate surface area is 159 Å². The van der Waals surface area contributed by atoms with Gasteiger partial charge in [-0.1, -0.05) is 96.7 Å². The maximum Gasteiger partial charge on any atom is 0.158 e. The van der Waals surface area contributed by atoms with Crippen LogP contribution in [0.4, 0.5) is 0 Å². The molecule has 4 rings (SSSR count). The highest BCUT2D eigenvalue weighted by Gasteiger charge is 2.31. The number of benzene rings is 3. The molecule has 0 fully saturated rings. The van der Waals surface area contributed by atoms with Crippen molar-refractivity contribution in [3.8, 4) is 0 Å². The lowest BCUT2D eigenvalue weighted by molar-refractivity contribution is 0.573. The molecule has 2 atom stereocenters. The van der Waals surface area contributed by atoms with Crippen LogP contribution in [0.3, 0.4) is 0 Å². The minimum absolute atomic E-state index is 0.109. The Hall–Kier alpha value is -2.52. The van der Waals surface area contributed by atoms with Gasteiger partial charge in [0.25, 0.3) is 0 Å². The molecule has 3 aromatic carbocycles. The van der Waals surface area contributed by atoms with Crippen LogP contribution in [-0.2, 0) is 5.75 Å². The van der Waals surface area contributed by atoms with Gasteiger partial charge in [-0.05, 0) is 29.2 Å². The van der Waals surface area contributed by atoms with Gasteiger partial charge in [0, 0.05) is 5.75 Å². The third-order valence-corrected chi connectivity index (χ3v) is 5.73. The van der Waals surface area contributed by atoms with Gasteiger partial charge < -0.3 is 5.32 Å². The number of thioether (sulfide) groups is 1. The quantitative estimate of drug-likeness (QED) is 0.650. The number of aliphatic imine (C=N–C) groups is 1. The molecule has 0 amide bonds. The number of aryl methyl sites for hydroxylation is 1. The largest absolute Gasteiger partial charge is 0.356 e. The first kappa shape index (κ1) is 16.9. The van der Waals surface area contributed by atoms with Crippen LogP contribution in [0.2, 0.25) is 0 Å². The normalized spacial score (nSPS) is 19.0. The van der Waals surface area contributed by atoms with E-state index in [2.05, 4.69) is 97.2 Å². The van der Waals surface area contributed by atoms with Crippen molar-refractivity contribution in [3.63, 3.8) is 0 Å². The molecule has 0 aromatic heterocycles. The van der Waals surface area contributed by atoms with Gasteiger partial charge in [-0.2, -0.15) is 0 Å². The second kappa shape index (κ2) is 7.79. The van der Waals surface area contributed by atoms with Crippen molar-refractivity contribution in [1.29, 1.82) is 0 Å². The van der Waals surface area contributed by atoms with Crippen molar-refractivity contribution in [1.82, 2.24) is 5.32 Å². The van der Waals surface area contributed by atoms with Gasteiger partial charge in [-0.25, -0.2) is 0 Å². The van der Waals surface area contributed by atoms with E-state index in [9.17, 15) is 0 Å². The minimum atomic E-state index is 0.109. The van der Waals surface area contributed by atoms with E-state index in [4.69, 9.17) is 4.99 Å². The molecule has 2 unspecified atom stereocenters. The molecule has 1 N–H and O–H groups in total. The highest BCUT2D eigenvalue weighted by molar-refractivity contribution is 8.13. The predicted octanol–water partition coefficient (Wildman–Crippen LogP) is 5.67. The molecule has 0 spiro atoms. The Morgan fingerprint density at radius 2 is 1.42 bits per heavy atom. The second-order valence-corrected chi connectivity index (χ2v) is 7.50. The van der Waals surface area contributed by atoms with Crippen molar-refractivity contribution in [2.24, 2.45) is 4.99 Å². The summed E-state index contributed by atoms with van der Waals surface area (Å²) in [4.78, 5) is 5.03. The van der Waals surface area contributed by atoms with Crippen LogP contribution in [0.15, 0.2) is 89.9 Å². The average Bonchev–Trinajstić information content (AvgIpc) is 3.13. The zero-order chi connectivity index (χ0) is 17.8. The summed E-state index contributed by atoms with van der Waals surface area (Å²) in [6.07, 6.45) is 0. The van der Waals surface area contributed by atoms with Crippen molar-refractivity contribution < 1.29 is 0 Å². The molecule has 26 heavy (non-hydrogen) atoms. The van der Waals surface area contributed by atoms with E-state index in [1.54, 1.807) is 11.8 Å². The first-order chi connectivity index (χ1) is 12.8. The summed E-state index contributed by atoms with van der Waals surface area (Å²) in [6.45, 7) is 2.17. The zero-order valence-corrected chi connectivity index (χ0v) is 15.6. The molecular weight excluding hydrogens is 336 g/mol. The fraction of sp³-hybridized carbons (Fsp3) is 0.174. The number of nitrogens with zero attached hydrogens (tertiary/aromatic N) is 1. The van der Waals surface area contributed by atoms with Gasteiger partial charge in [-0.15, -0.1) is 0 Å².